The normalized spacial score (nSPS) is 31.4. The van der Waals surface area contributed by atoms with Crippen LogP contribution in [-0.4, -0.2) is 38.5 Å². The van der Waals surface area contributed by atoms with Gasteiger partial charge in [0.25, 0.3) is 0 Å². The van der Waals surface area contributed by atoms with Gasteiger partial charge in [-0.15, -0.1) is 11.8 Å². The van der Waals surface area contributed by atoms with E-state index in [0.717, 1.165) is 0 Å². The fourth-order valence-corrected chi connectivity index (χ4v) is 3.42. The molecule has 0 bridgehead atoms. The summed E-state index contributed by atoms with van der Waals surface area (Å²) < 4.78 is 0. The van der Waals surface area contributed by atoms with Gasteiger partial charge in [-0.2, -0.15) is 0 Å². The molecular weight excluding hydrogens is 218 g/mol. The molecule has 2 N–H and O–H groups in total. The van der Waals surface area contributed by atoms with Gasteiger partial charge in [0.2, 0.25) is 5.91 Å². The molecule has 0 spiro atoms. The Morgan fingerprint density at radius 2 is 2.20 bits per heavy atom. The van der Waals surface area contributed by atoms with Gasteiger partial charge in [0, 0.05) is 4.91 Å². The van der Waals surface area contributed by atoms with Crippen molar-refractivity contribution >= 4 is 23.6 Å². The number of fused-ring (bicyclic) bond motifs is 1. The Morgan fingerprint density at radius 1 is 1.60 bits per heavy atom. The van der Waals surface area contributed by atoms with Crippen molar-refractivity contribution in [1.82, 2.24) is 4.90 Å². The van der Waals surface area contributed by atoms with E-state index < -0.39 is 18.0 Å². The molecule has 1 unspecified atom stereocenters. The predicted octanol–water partition coefficient (Wildman–Crippen LogP) is 0.215. The van der Waals surface area contributed by atoms with Crippen molar-refractivity contribution in [2.45, 2.75) is 25.3 Å². The zero-order chi connectivity index (χ0) is 11.3. The molecule has 0 aliphatic carbocycles. The average Bonchev–Trinajstić information content (AvgIpc) is 2.38. The Labute approximate surface area is 90.8 Å². The van der Waals surface area contributed by atoms with Gasteiger partial charge >= 0.3 is 5.97 Å². The highest BCUT2D eigenvalue weighted by Crippen LogP contribution is 2.49. The van der Waals surface area contributed by atoms with Gasteiger partial charge < -0.3 is 10.2 Å². The second kappa shape index (κ2) is 3.24. The molecule has 2 aliphatic heterocycles. The summed E-state index contributed by atoms with van der Waals surface area (Å²) in [4.78, 5) is 24.4. The highest BCUT2D eigenvalue weighted by atomic mass is 32.2. The number of carbonyl (C=O) groups is 2. The Bertz CT molecular complexity index is 376. The van der Waals surface area contributed by atoms with E-state index in [9.17, 15) is 14.7 Å². The van der Waals surface area contributed by atoms with Crippen LogP contribution in [0.25, 0.3) is 0 Å². The van der Waals surface area contributed by atoms with E-state index in [0.29, 0.717) is 4.91 Å². The summed E-state index contributed by atoms with van der Waals surface area (Å²) in [5.41, 5.74) is 0.0619. The maximum atomic E-state index is 11.6. The smallest absolute Gasteiger partial charge is 0.353 e. The van der Waals surface area contributed by atoms with E-state index in [1.807, 2.05) is 0 Å². The van der Waals surface area contributed by atoms with Crippen molar-refractivity contribution in [3.8, 4) is 0 Å². The van der Waals surface area contributed by atoms with Crippen molar-refractivity contribution in [2.75, 3.05) is 0 Å². The monoisotopic (exact) mass is 229 g/mol. The van der Waals surface area contributed by atoms with Crippen LogP contribution in [-0.2, 0) is 9.59 Å². The van der Waals surface area contributed by atoms with Gasteiger partial charge in [-0.25, -0.2) is 4.79 Å². The molecule has 2 aliphatic rings. The van der Waals surface area contributed by atoms with E-state index in [1.54, 1.807) is 13.8 Å². The summed E-state index contributed by atoms with van der Waals surface area (Å²) in [6, 6.07) is 0. The molecule has 15 heavy (non-hydrogen) atoms. The third-order valence-electron chi connectivity index (χ3n) is 2.68. The first-order valence-corrected chi connectivity index (χ1v) is 5.45. The van der Waals surface area contributed by atoms with E-state index in [1.165, 1.54) is 16.7 Å². The number of thioether (sulfide) groups is 1. The Hall–Kier alpha value is -1.01. The van der Waals surface area contributed by atoms with Gasteiger partial charge in [0.05, 0.1) is 12.0 Å². The molecule has 5 nitrogen and oxygen atoms in total. The number of β-lactam (4-membered cyclic amide) rings is 1. The molecule has 1 saturated heterocycles. The molecule has 0 aromatic heterocycles. The van der Waals surface area contributed by atoms with Crippen LogP contribution in [0.1, 0.15) is 13.8 Å². The number of aliphatic hydroxyl groups excluding tert-OH is 1. The van der Waals surface area contributed by atoms with Crippen LogP contribution in [0.2, 0.25) is 0 Å². The van der Waals surface area contributed by atoms with Crippen molar-refractivity contribution in [3.63, 3.8) is 0 Å². The minimum atomic E-state index is -1.08. The molecule has 2 rings (SSSR count). The van der Waals surface area contributed by atoms with Crippen molar-refractivity contribution in [3.05, 3.63) is 10.6 Å². The van der Waals surface area contributed by atoms with Gasteiger partial charge in [-0.05, 0) is 13.8 Å². The molecular formula is C9H11NO4S. The van der Waals surface area contributed by atoms with Gasteiger partial charge in [0.1, 0.15) is 11.1 Å². The highest BCUT2D eigenvalue weighted by Gasteiger charge is 2.56. The van der Waals surface area contributed by atoms with E-state index in [-0.39, 0.29) is 17.0 Å². The maximum Gasteiger partial charge on any atom is 0.353 e. The summed E-state index contributed by atoms with van der Waals surface area (Å²) in [5, 5.41) is 18.1. The number of carboxylic acids is 1. The maximum absolute atomic E-state index is 11.6. The molecule has 1 fully saturated rings. The fourth-order valence-electron chi connectivity index (χ4n) is 1.95. The van der Waals surface area contributed by atoms with Crippen LogP contribution in [0.15, 0.2) is 10.6 Å². The number of rotatable bonds is 2. The quantitative estimate of drug-likeness (QED) is 0.662. The second-order valence-corrected chi connectivity index (χ2v) is 5.02. The van der Waals surface area contributed by atoms with Crippen LogP contribution in [0, 0.1) is 5.92 Å². The zero-order valence-electron chi connectivity index (χ0n) is 8.30. The molecule has 1 amide bonds. The number of hydrogen-bond acceptors (Lipinski definition) is 4. The SMILES string of the molecule is CC1=C(C(=O)O)N2C(=O)C([C@@H](C)O)[C@H]2S1. The summed E-state index contributed by atoms with van der Waals surface area (Å²) in [5.74, 6) is -1.85. The lowest BCUT2D eigenvalue weighted by molar-refractivity contribution is -0.156. The van der Waals surface area contributed by atoms with Gasteiger partial charge in [-0.3, -0.25) is 9.69 Å². The number of aliphatic hydroxyl groups is 1. The van der Waals surface area contributed by atoms with Crippen molar-refractivity contribution in [1.29, 1.82) is 0 Å². The van der Waals surface area contributed by atoms with Crippen LogP contribution < -0.4 is 0 Å². The highest BCUT2D eigenvalue weighted by molar-refractivity contribution is 8.04. The summed E-state index contributed by atoms with van der Waals surface area (Å²) in [6.45, 7) is 3.23. The largest absolute Gasteiger partial charge is 0.477 e. The van der Waals surface area contributed by atoms with Crippen molar-refractivity contribution < 1.29 is 19.8 Å². The Balaban J connectivity index is 2.27. The third kappa shape index (κ3) is 1.28. The molecule has 82 valence electrons. The average molecular weight is 229 g/mol. The van der Waals surface area contributed by atoms with E-state index in [4.69, 9.17) is 5.11 Å². The lowest BCUT2D eigenvalue weighted by Gasteiger charge is -2.43. The first-order chi connectivity index (χ1) is 6.95. The van der Waals surface area contributed by atoms with Crippen LogP contribution >= 0.6 is 11.8 Å². The van der Waals surface area contributed by atoms with E-state index >= 15 is 0 Å². The lowest BCUT2D eigenvalue weighted by Crippen LogP contribution is -2.60. The number of aliphatic carboxylic acids is 1. The second-order valence-electron chi connectivity index (χ2n) is 3.69. The molecule has 3 atom stereocenters. The van der Waals surface area contributed by atoms with Crippen molar-refractivity contribution in [2.24, 2.45) is 5.92 Å². The number of amides is 1. The molecule has 6 heteroatoms. The standard InChI is InChI=1S/C9H11NO4S/c1-3(11)5-7(12)10-6(9(13)14)4(2)15-8(5)10/h3,5,8,11H,1-2H3,(H,13,14)/t3-,5?,8-/m1/s1. The number of allylic oxidation sites excluding steroid dienone is 1. The molecule has 0 saturated carbocycles. The van der Waals surface area contributed by atoms with E-state index in [2.05, 4.69) is 0 Å². The van der Waals surface area contributed by atoms with Crippen LogP contribution in [0.4, 0.5) is 0 Å². The van der Waals surface area contributed by atoms with Gasteiger partial charge in [0.15, 0.2) is 0 Å². The number of nitrogens with zero attached hydrogens (tertiary/aromatic N) is 1. The number of hydrogen-bond donors (Lipinski definition) is 2. The summed E-state index contributed by atoms with van der Waals surface area (Å²) in [7, 11) is 0. The molecule has 2 heterocycles. The summed E-state index contributed by atoms with van der Waals surface area (Å²) in [6.07, 6.45) is -0.729. The molecule has 0 radical (unpaired) electrons. The molecule has 0 aromatic carbocycles. The third-order valence-corrected chi connectivity index (χ3v) is 3.97. The summed E-state index contributed by atoms with van der Waals surface area (Å²) >= 11 is 1.34. The topological polar surface area (TPSA) is 77.8 Å². The predicted molar refractivity (Wildman–Crippen MR) is 53.7 cm³/mol. The lowest BCUT2D eigenvalue weighted by atomic mass is 9.92. The zero-order valence-corrected chi connectivity index (χ0v) is 9.11. The first kappa shape index (κ1) is 10.5. The number of carboxylic acid groups (broad SMARTS) is 1. The first-order valence-electron chi connectivity index (χ1n) is 4.57. The minimum Gasteiger partial charge on any atom is -0.477 e. The minimum absolute atomic E-state index is 0.0619. The Kier molecular flexibility index (Phi) is 2.27. The number of carbonyl (C=O) groups excluding carboxylic acids is 1. The van der Waals surface area contributed by atoms with Crippen LogP contribution in [0.5, 0.6) is 0 Å². The molecule has 0 aromatic rings. The fraction of sp³-hybridized carbons (Fsp3) is 0.556. The van der Waals surface area contributed by atoms with Gasteiger partial charge in [-0.1, -0.05) is 0 Å². The van der Waals surface area contributed by atoms with Crippen LogP contribution in [0.3, 0.4) is 0 Å². The Morgan fingerprint density at radius 3 is 2.67 bits per heavy atom.